The zero-order chi connectivity index (χ0) is 11.4. The standard InChI is InChI=1S/C11H19N3O/c1-7(2)10-8(3)11(14-13-10)9(15)5-4-6-12/h7H,4-6,12H2,1-3H3,(H,13,14). The average Bonchev–Trinajstić information content (AvgIpc) is 2.56. The summed E-state index contributed by atoms with van der Waals surface area (Å²) in [4.78, 5) is 11.7. The smallest absolute Gasteiger partial charge is 0.183 e. The lowest BCUT2D eigenvalue weighted by Gasteiger charge is -2.02. The van der Waals surface area contributed by atoms with Crippen LogP contribution in [0.3, 0.4) is 0 Å². The third kappa shape index (κ3) is 2.65. The van der Waals surface area contributed by atoms with E-state index in [1.165, 1.54) is 0 Å². The molecule has 1 aromatic heterocycles. The number of hydrogen-bond acceptors (Lipinski definition) is 3. The normalized spacial score (nSPS) is 11.0. The minimum atomic E-state index is 0.0844. The Morgan fingerprint density at radius 3 is 2.67 bits per heavy atom. The summed E-state index contributed by atoms with van der Waals surface area (Å²) in [5.74, 6) is 0.453. The Balaban J connectivity index is 2.82. The second-order valence-corrected chi connectivity index (χ2v) is 4.08. The minimum Gasteiger partial charge on any atom is -0.330 e. The predicted molar refractivity (Wildman–Crippen MR) is 60.0 cm³/mol. The molecule has 0 saturated heterocycles. The summed E-state index contributed by atoms with van der Waals surface area (Å²) in [6, 6.07) is 0. The Bertz CT molecular complexity index is 342. The fourth-order valence-electron chi connectivity index (χ4n) is 1.63. The van der Waals surface area contributed by atoms with Crippen molar-refractivity contribution in [1.29, 1.82) is 0 Å². The number of Topliss-reactive ketones (excluding diaryl/α,β-unsaturated/α-hetero) is 1. The van der Waals surface area contributed by atoms with Crippen molar-refractivity contribution in [3.05, 3.63) is 17.0 Å². The molecule has 4 nitrogen and oxygen atoms in total. The van der Waals surface area contributed by atoms with Gasteiger partial charge in [-0.15, -0.1) is 0 Å². The van der Waals surface area contributed by atoms with E-state index in [0.717, 1.165) is 17.7 Å². The van der Waals surface area contributed by atoms with Gasteiger partial charge in [0.2, 0.25) is 0 Å². The summed E-state index contributed by atoms with van der Waals surface area (Å²) in [6.07, 6.45) is 1.21. The number of nitrogens with two attached hydrogens (primary N) is 1. The molecular weight excluding hydrogens is 190 g/mol. The molecule has 0 fully saturated rings. The molecule has 1 heterocycles. The highest BCUT2D eigenvalue weighted by Crippen LogP contribution is 2.19. The zero-order valence-corrected chi connectivity index (χ0v) is 9.63. The quantitative estimate of drug-likeness (QED) is 0.726. The van der Waals surface area contributed by atoms with Crippen LogP contribution in [0.2, 0.25) is 0 Å². The number of aromatic nitrogens is 2. The van der Waals surface area contributed by atoms with Crippen molar-refractivity contribution in [3.63, 3.8) is 0 Å². The van der Waals surface area contributed by atoms with E-state index in [2.05, 4.69) is 24.0 Å². The summed E-state index contributed by atoms with van der Waals surface area (Å²) in [5, 5.41) is 7.00. The maximum absolute atomic E-state index is 11.7. The number of ketones is 1. The fourth-order valence-corrected chi connectivity index (χ4v) is 1.63. The van der Waals surface area contributed by atoms with Crippen LogP contribution in [-0.2, 0) is 0 Å². The summed E-state index contributed by atoms with van der Waals surface area (Å²) < 4.78 is 0. The number of rotatable bonds is 5. The van der Waals surface area contributed by atoms with Crippen LogP contribution < -0.4 is 5.73 Å². The third-order valence-electron chi connectivity index (χ3n) is 2.50. The Hall–Kier alpha value is -1.16. The summed E-state index contributed by atoms with van der Waals surface area (Å²) in [5.41, 5.74) is 7.97. The van der Waals surface area contributed by atoms with Crippen LogP contribution in [0, 0.1) is 6.92 Å². The molecule has 0 saturated carbocycles. The van der Waals surface area contributed by atoms with Crippen LogP contribution in [0.5, 0.6) is 0 Å². The van der Waals surface area contributed by atoms with E-state index in [1.807, 2.05) is 6.92 Å². The van der Waals surface area contributed by atoms with E-state index >= 15 is 0 Å². The Morgan fingerprint density at radius 2 is 2.20 bits per heavy atom. The van der Waals surface area contributed by atoms with Gasteiger partial charge in [0.1, 0.15) is 5.69 Å². The first-order chi connectivity index (χ1) is 7.07. The van der Waals surface area contributed by atoms with Crippen molar-refractivity contribution in [2.24, 2.45) is 5.73 Å². The summed E-state index contributed by atoms with van der Waals surface area (Å²) in [7, 11) is 0. The number of nitrogens with zero attached hydrogens (tertiary/aromatic N) is 1. The molecule has 15 heavy (non-hydrogen) atoms. The molecule has 1 aromatic rings. The van der Waals surface area contributed by atoms with Gasteiger partial charge in [0.05, 0.1) is 0 Å². The molecule has 0 bridgehead atoms. The largest absolute Gasteiger partial charge is 0.330 e. The van der Waals surface area contributed by atoms with Crippen LogP contribution >= 0.6 is 0 Å². The molecule has 0 aromatic carbocycles. The van der Waals surface area contributed by atoms with Gasteiger partial charge in [0.15, 0.2) is 5.78 Å². The van der Waals surface area contributed by atoms with Crippen molar-refractivity contribution in [1.82, 2.24) is 10.2 Å². The number of H-pyrrole nitrogens is 1. The van der Waals surface area contributed by atoms with E-state index in [0.29, 0.717) is 24.6 Å². The van der Waals surface area contributed by atoms with Gasteiger partial charge in [-0.2, -0.15) is 5.10 Å². The fraction of sp³-hybridized carbons (Fsp3) is 0.636. The van der Waals surface area contributed by atoms with Crippen molar-refractivity contribution in [3.8, 4) is 0 Å². The molecule has 0 aliphatic heterocycles. The Morgan fingerprint density at radius 1 is 1.53 bits per heavy atom. The van der Waals surface area contributed by atoms with Gasteiger partial charge in [-0.3, -0.25) is 9.89 Å². The number of nitrogens with one attached hydrogen (secondary N) is 1. The second-order valence-electron chi connectivity index (χ2n) is 4.08. The molecule has 1 rings (SSSR count). The summed E-state index contributed by atoms with van der Waals surface area (Å²) in [6.45, 7) is 6.64. The van der Waals surface area contributed by atoms with Crippen molar-refractivity contribution in [2.75, 3.05) is 6.54 Å². The zero-order valence-electron chi connectivity index (χ0n) is 9.63. The van der Waals surface area contributed by atoms with E-state index in [-0.39, 0.29) is 5.78 Å². The Kier molecular flexibility index (Phi) is 4.03. The summed E-state index contributed by atoms with van der Waals surface area (Å²) >= 11 is 0. The molecule has 0 atom stereocenters. The number of hydrogen-bond donors (Lipinski definition) is 2. The van der Waals surface area contributed by atoms with E-state index in [4.69, 9.17) is 5.73 Å². The van der Waals surface area contributed by atoms with Crippen molar-refractivity contribution in [2.45, 2.75) is 39.5 Å². The highest BCUT2D eigenvalue weighted by atomic mass is 16.1. The predicted octanol–water partition coefficient (Wildman–Crippen LogP) is 1.76. The highest BCUT2D eigenvalue weighted by Gasteiger charge is 2.16. The van der Waals surface area contributed by atoms with Crippen LogP contribution in [0.4, 0.5) is 0 Å². The molecule has 0 radical (unpaired) electrons. The van der Waals surface area contributed by atoms with Gasteiger partial charge < -0.3 is 5.73 Å². The number of aromatic amines is 1. The molecular formula is C11H19N3O. The molecule has 0 spiro atoms. The lowest BCUT2D eigenvalue weighted by atomic mass is 10.0. The van der Waals surface area contributed by atoms with Crippen LogP contribution in [-0.4, -0.2) is 22.5 Å². The van der Waals surface area contributed by atoms with E-state index < -0.39 is 0 Å². The van der Waals surface area contributed by atoms with Crippen LogP contribution in [0.25, 0.3) is 0 Å². The van der Waals surface area contributed by atoms with E-state index in [9.17, 15) is 4.79 Å². The van der Waals surface area contributed by atoms with Gasteiger partial charge in [-0.1, -0.05) is 13.8 Å². The van der Waals surface area contributed by atoms with Crippen molar-refractivity contribution >= 4 is 5.78 Å². The number of carbonyl (C=O) groups is 1. The average molecular weight is 209 g/mol. The van der Waals surface area contributed by atoms with Crippen LogP contribution in [0.15, 0.2) is 0 Å². The van der Waals surface area contributed by atoms with E-state index in [1.54, 1.807) is 0 Å². The van der Waals surface area contributed by atoms with Gasteiger partial charge >= 0.3 is 0 Å². The molecule has 3 N–H and O–H groups in total. The van der Waals surface area contributed by atoms with Gasteiger partial charge in [0.25, 0.3) is 0 Å². The maximum atomic E-state index is 11.7. The highest BCUT2D eigenvalue weighted by molar-refractivity contribution is 5.95. The first-order valence-electron chi connectivity index (χ1n) is 5.36. The first-order valence-corrected chi connectivity index (χ1v) is 5.36. The SMILES string of the molecule is Cc1c(C(=O)CCCN)n[nH]c1C(C)C. The lowest BCUT2D eigenvalue weighted by Crippen LogP contribution is -2.06. The monoisotopic (exact) mass is 209 g/mol. The maximum Gasteiger partial charge on any atom is 0.183 e. The third-order valence-corrected chi connectivity index (χ3v) is 2.50. The Labute approximate surface area is 90.2 Å². The minimum absolute atomic E-state index is 0.0844. The molecule has 0 aliphatic carbocycles. The van der Waals surface area contributed by atoms with Gasteiger partial charge in [-0.25, -0.2) is 0 Å². The van der Waals surface area contributed by atoms with Gasteiger partial charge in [-0.05, 0) is 25.8 Å². The van der Waals surface area contributed by atoms with Crippen molar-refractivity contribution < 1.29 is 4.79 Å². The molecule has 0 amide bonds. The molecule has 4 heteroatoms. The van der Waals surface area contributed by atoms with Gasteiger partial charge in [0, 0.05) is 17.7 Å². The van der Waals surface area contributed by atoms with Crippen LogP contribution in [0.1, 0.15) is 54.4 Å². The second kappa shape index (κ2) is 5.07. The molecule has 84 valence electrons. The number of carbonyl (C=O) groups excluding carboxylic acids is 1. The topological polar surface area (TPSA) is 71.8 Å². The molecule has 0 unspecified atom stereocenters. The molecule has 0 aliphatic rings. The lowest BCUT2D eigenvalue weighted by molar-refractivity contribution is 0.0975. The first kappa shape index (κ1) is 11.9.